The summed E-state index contributed by atoms with van der Waals surface area (Å²) in [7, 11) is 0. The molecule has 4 nitrogen and oxygen atoms in total. The summed E-state index contributed by atoms with van der Waals surface area (Å²) in [6.45, 7) is 4.37. The van der Waals surface area contributed by atoms with Crippen molar-refractivity contribution in [3.05, 3.63) is 242 Å². The first-order chi connectivity index (χ1) is 32.6. The van der Waals surface area contributed by atoms with Crippen LogP contribution in [-0.2, 0) is 0 Å². The molecule has 0 saturated heterocycles. The van der Waals surface area contributed by atoms with Gasteiger partial charge in [-0.05, 0) is 151 Å². The number of rotatable bonds is 7. The lowest BCUT2D eigenvalue weighted by Gasteiger charge is -2.27. The third-order valence-corrected chi connectivity index (χ3v) is 13.5. The SMILES string of the molecule is Cc1cc(C)cc(N(c2ccc(-c3ccc4c(c3)c3ccccc3n4-c3ccccc3)cc2)c2ccc(-n3c4ccccc4c4cc5c(cc43)c3ccccc3n5-c3ccccc3)cc2)c1. The number of hydrogen-bond acceptors (Lipinski definition) is 1. The Morgan fingerprint density at radius 1 is 0.258 bits per heavy atom. The number of anilines is 3. The smallest absolute Gasteiger partial charge is 0.0548 e. The van der Waals surface area contributed by atoms with E-state index in [9.17, 15) is 0 Å². The molecule has 66 heavy (non-hydrogen) atoms. The summed E-state index contributed by atoms with van der Waals surface area (Å²) in [5.74, 6) is 0. The van der Waals surface area contributed by atoms with Crippen LogP contribution in [0.2, 0.25) is 0 Å². The molecule has 0 fully saturated rings. The van der Waals surface area contributed by atoms with E-state index in [0.717, 1.165) is 28.4 Å². The Bertz CT molecular complexity index is 3960. The van der Waals surface area contributed by atoms with E-state index in [2.05, 4.69) is 263 Å². The Kier molecular flexibility index (Phi) is 8.62. The van der Waals surface area contributed by atoms with Gasteiger partial charge >= 0.3 is 0 Å². The van der Waals surface area contributed by atoms with Crippen molar-refractivity contribution in [1.29, 1.82) is 0 Å². The molecule has 0 aliphatic heterocycles. The highest BCUT2D eigenvalue weighted by atomic mass is 15.1. The first-order valence-corrected chi connectivity index (χ1v) is 22.8. The molecule has 0 saturated carbocycles. The van der Waals surface area contributed by atoms with Crippen LogP contribution in [0.4, 0.5) is 17.1 Å². The van der Waals surface area contributed by atoms with Gasteiger partial charge < -0.3 is 18.6 Å². The zero-order chi connectivity index (χ0) is 43.9. The summed E-state index contributed by atoms with van der Waals surface area (Å²) in [5, 5.41) is 7.47. The van der Waals surface area contributed by atoms with Gasteiger partial charge in [0, 0.05) is 66.4 Å². The molecule has 4 heteroatoms. The molecule has 0 bridgehead atoms. The summed E-state index contributed by atoms with van der Waals surface area (Å²) in [5.41, 5.74) is 18.8. The molecule has 0 amide bonds. The van der Waals surface area contributed by atoms with E-state index in [-0.39, 0.29) is 0 Å². The van der Waals surface area contributed by atoms with E-state index in [1.54, 1.807) is 0 Å². The Morgan fingerprint density at radius 2 is 0.636 bits per heavy atom. The summed E-state index contributed by atoms with van der Waals surface area (Å²) < 4.78 is 7.21. The average molecular weight is 845 g/mol. The van der Waals surface area contributed by atoms with Gasteiger partial charge in [-0.2, -0.15) is 0 Å². The van der Waals surface area contributed by atoms with Gasteiger partial charge in [-0.1, -0.05) is 115 Å². The zero-order valence-corrected chi connectivity index (χ0v) is 36.7. The third kappa shape index (κ3) is 5.99. The van der Waals surface area contributed by atoms with Crippen LogP contribution in [0.3, 0.4) is 0 Å². The lowest BCUT2D eigenvalue weighted by molar-refractivity contribution is 1.17. The van der Waals surface area contributed by atoms with Crippen LogP contribution in [0, 0.1) is 13.8 Å². The number of hydrogen-bond donors (Lipinski definition) is 0. The monoisotopic (exact) mass is 844 g/mol. The molecule has 0 aliphatic rings. The minimum atomic E-state index is 1.10. The molecule has 0 radical (unpaired) electrons. The third-order valence-electron chi connectivity index (χ3n) is 13.5. The molecular formula is C62H44N4. The lowest BCUT2D eigenvalue weighted by atomic mass is 10.0. The Labute approximate surface area is 383 Å². The minimum Gasteiger partial charge on any atom is -0.310 e. The van der Waals surface area contributed by atoms with Crippen LogP contribution in [0.15, 0.2) is 231 Å². The molecule has 3 aromatic heterocycles. The van der Waals surface area contributed by atoms with E-state index in [0.29, 0.717) is 0 Å². The number of aryl methyl sites for hydroxylation is 2. The molecule has 0 unspecified atom stereocenters. The fourth-order valence-corrected chi connectivity index (χ4v) is 10.7. The summed E-state index contributed by atoms with van der Waals surface area (Å²) >= 11 is 0. The van der Waals surface area contributed by atoms with E-state index >= 15 is 0 Å². The van der Waals surface area contributed by atoms with Crippen molar-refractivity contribution in [2.45, 2.75) is 13.8 Å². The molecule has 10 aromatic carbocycles. The molecule has 3 heterocycles. The highest BCUT2D eigenvalue weighted by molar-refractivity contribution is 6.19. The van der Waals surface area contributed by atoms with Crippen molar-refractivity contribution in [2.24, 2.45) is 0 Å². The average Bonchev–Trinajstić information content (AvgIpc) is 3.99. The fourth-order valence-electron chi connectivity index (χ4n) is 10.7. The predicted molar refractivity (Wildman–Crippen MR) is 279 cm³/mol. The van der Waals surface area contributed by atoms with Crippen molar-refractivity contribution in [3.8, 4) is 28.2 Å². The van der Waals surface area contributed by atoms with Gasteiger partial charge in [0.2, 0.25) is 0 Å². The summed E-state index contributed by atoms with van der Waals surface area (Å²) in [6.07, 6.45) is 0. The predicted octanol–water partition coefficient (Wildman–Crippen LogP) is 16.7. The van der Waals surface area contributed by atoms with Crippen LogP contribution in [0.5, 0.6) is 0 Å². The summed E-state index contributed by atoms with van der Waals surface area (Å²) in [4.78, 5) is 2.39. The molecule has 0 atom stereocenters. The number of nitrogens with zero attached hydrogens (tertiary/aromatic N) is 4. The minimum absolute atomic E-state index is 1.10. The van der Waals surface area contributed by atoms with Crippen LogP contribution in [0.25, 0.3) is 93.6 Å². The maximum Gasteiger partial charge on any atom is 0.0548 e. The Balaban J connectivity index is 0.918. The lowest BCUT2D eigenvalue weighted by Crippen LogP contribution is -2.10. The Morgan fingerprint density at radius 3 is 1.14 bits per heavy atom. The van der Waals surface area contributed by atoms with E-state index in [1.807, 2.05) is 0 Å². The quantitative estimate of drug-likeness (QED) is 0.156. The molecule has 312 valence electrons. The van der Waals surface area contributed by atoms with Crippen LogP contribution < -0.4 is 4.90 Å². The summed E-state index contributed by atoms with van der Waals surface area (Å²) in [6, 6.07) is 84.4. The highest BCUT2D eigenvalue weighted by Gasteiger charge is 2.20. The molecule has 0 N–H and O–H groups in total. The van der Waals surface area contributed by atoms with Gasteiger partial charge in [-0.3, -0.25) is 0 Å². The van der Waals surface area contributed by atoms with E-state index in [4.69, 9.17) is 0 Å². The van der Waals surface area contributed by atoms with Gasteiger partial charge in [-0.15, -0.1) is 0 Å². The maximum absolute atomic E-state index is 2.44. The number of benzene rings is 10. The molecule has 0 aliphatic carbocycles. The largest absolute Gasteiger partial charge is 0.310 e. The second-order valence-electron chi connectivity index (χ2n) is 17.6. The standard InChI is InChI=1S/C62H44N4/c1-41-35-42(2)37-50(36-41)63(47-28-25-43(26-29-47)44-27-34-60-54(38-44)51-19-9-12-22-57(51)64(60)45-15-5-3-6-16-45)48-30-32-49(33-31-48)66-59-24-14-11-21-53(59)56-39-61-55(40-62(56)66)52-20-10-13-23-58(52)65(61)46-17-7-4-8-18-46/h3-40H,1-2H3. The molecular weight excluding hydrogens is 801 g/mol. The van der Waals surface area contributed by atoms with Gasteiger partial charge in [0.25, 0.3) is 0 Å². The normalized spacial score (nSPS) is 11.8. The van der Waals surface area contributed by atoms with Crippen LogP contribution >= 0.6 is 0 Å². The van der Waals surface area contributed by atoms with Gasteiger partial charge in [0.05, 0.1) is 33.1 Å². The molecule has 13 rings (SSSR count). The van der Waals surface area contributed by atoms with E-state index < -0.39 is 0 Å². The van der Waals surface area contributed by atoms with Crippen molar-refractivity contribution in [3.63, 3.8) is 0 Å². The van der Waals surface area contributed by atoms with Gasteiger partial charge in [-0.25, -0.2) is 0 Å². The second-order valence-corrected chi connectivity index (χ2v) is 17.6. The van der Waals surface area contributed by atoms with Crippen LogP contribution in [0.1, 0.15) is 11.1 Å². The second kappa shape index (κ2) is 15.0. The maximum atomic E-state index is 2.44. The van der Waals surface area contributed by atoms with Crippen molar-refractivity contribution < 1.29 is 0 Å². The fraction of sp³-hybridized carbons (Fsp3) is 0.0323. The van der Waals surface area contributed by atoms with Gasteiger partial charge in [0.1, 0.15) is 0 Å². The topological polar surface area (TPSA) is 18.0 Å². The van der Waals surface area contributed by atoms with E-state index in [1.165, 1.54) is 93.4 Å². The zero-order valence-electron chi connectivity index (χ0n) is 36.7. The number of aromatic nitrogens is 3. The number of fused-ring (bicyclic) bond motifs is 9. The van der Waals surface area contributed by atoms with Gasteiger partial charge in [0.15, 0.2) is 0 Å². The van der Waals surface area contributed by atoms with Crippen molar-refractivity contribution in [1.82, 2.24) is 13.7 Å². The Hall–Kier alpha value is -8.60. The number of para-hydroxylation sites is 5. The highest BCUT2D eigenvalue weighted by Crippen LogP contribution is 2.42. The molecule has 0 spiro atoms. The first kappa shape index (κ1) is 37.9. The van der Waals surface area contributed by atoms with Crippen LogP contribution in [-0.4, -0.2) is 13.7 Å². The first-order valence-electron chi connectivity index (χ1n) is 22.8. The van der Waals surface area contributed by atoms with Crippen molar-refractivity contribution in [2.75, 3.05) is 4.90 Å². The molecule has 13 aromatic rings. The van der Waals surface area contributed by atoms with Crippen molar-refractivity contribution >= 4 is 82.5 Å².